The lowest BCUT2D eigenvalue weighted by Gasteiger charge is -2.14. The van der Waals surface area contributed by atoms with Crippen molar-refractivity contribution in [3.05, 3.63) is 158 Å². The van der Waals surface area contributed by atoms with E-state index in [1.54, 1.807) is 0 Å². The molecule has 2 heterocycles. The molecule has 0 aliphatic carbocycles. The average Bonchev–Trinajstić information content (AvgIpc) is 3.48. The number of fused-ring (bicyclic) bond motifs is 4. The van der Waals surface area contributed by atoms with Crippen molar-refractivity contribution < 1.29 is 0 Å². The summed E-state index contributed by atoms with van der Waals surface area (Å²) in [5.74, 6) is 1.95. The number of nitrogens with zero attached hydrogens (tertiary/aromatic N) is 4. The average molecular weight is 599 g/mol. The highest BCUT2D eigenvalue weighted by Gasteiger charge is 2.19. The topological polar surface area (TPSA) is 43.6 Å². The Morgan fingerprint density at radius 1 is 0.340 bits per heavy atom. The normalized spacial score (nSPS) is 11.8. The first-order valence-corrected chi connectivity index (χ1v) is 15.9. The van der Waals surface area contributed by atoms with Gasteiger partial charge in [-0.15, -0.1) is 0 Å². The number of rotatable bonds is 4. The molecule has 10 aromatic rings. The number of hydrogen-bond donors (Lipinski definition) is 0. The number of para-hydroxylation sites is 1. The Morgan fingerprint density at radius 3 is 1.64 bits per heavy atom. The van der Waals surface area contributed by atoms with E-state index in [1.807, 2.05) is 60.7 Å². The minimum Gasteiger partial charge on any atom is -0.309 e. The zero-order chi connectivity index (χ0) is 30.9. The summed E-state index contributed by atoms with van der Waals surface area (Å²) in [6.07, 6.45) is 0. The summed E-state index contributed by atoms with van der Waals surface area (Å²) < 4.78 is 2.39. The second-order valence-corrected chi connectivity index (χ2v) is 12.1. The van der Waals surface area contributed by atoms with Crippen molar-refractivity contribution in [3.63, 3.8) is 0 Å². The monoisotopic (exact) mass is 598 g/mol. The highest BCUT2D eigenvalue weighted by Crippen LogP contribution is 2.43. The van der Waals surface area contributed by atoms with Crippen LogP contribution in [0.3, 0.4) is 0 Å². The van der Waals surface area contributed by atoms with Gasteiger partial charge < -0.3 is 4.57 Å². The highest BCUT2D eigenvalue weighted by molar-refractivity contribution is 6.33. The van der Waals surface area contributed by atoms with Crippen LogP contribution in [-0.4, -0.2) is 19.5 Å². The van der Waals surface area contributed by atoms with Crippen LogP contribution in [0, 0.1) is 0 Å². The number of benzene rings is 8. The predicted molar refractivity (Wildman–Crippen MR) is 194 cm³/mol. The highest BCUT2D eigenvalue weighted by atomic mass is 15.0. The molecule has 47 heavy (non-hydrogen) atoms. The molecule has 0 N–H and O–H groups in total. The maximum Gasteiger partial charge on any atom is 0.164 e. The van der Waals surface area contributed by atoms with Crippen molar-refractivity contribution in [1.29, 1.82) is 0 Å². The van der Waals surface area contributed by atoms with Gasteiger partial charge in [-0.3, -0.25) is 0 Å². The van der Waals surface area contributed by atoms with E-state index in [0.717, 1.165) is 22.4 Å². The lowest BCUT2D eigenvalue weighted by Crippen LogP contribution is -2.01. The molecule has 0 aliphatic rings. The molecular weight excluding hydrogens is 573 g/mol. The summed E-state index contributed by atoms with van der Waals surface area (Å²) in [6, 6.07) is 55.6. The maximum atomic E-state index is 5.01. The lowest BCUT2D eigenvalue weighted by molar-refractivity contribution is 1.07. The molecule has 218 valence electrons. The number of aromatic nitrogens is 4. The van der Waals surface area contributed by atoms with Crippen LogP contribution in [0.25, 0.3) is 94.0 Å². The Bertz CT molecular complexity index is 2710. The smallest absolute Gasteiger partial charge is 0.164 e. The van der Waals surface area contributed by atoms with Crippen LogP contribution in [0.5, 0.6) is 0 Å². The minimum atomic E-state index is 0.641. The van der Waals surface area contributed by atoms with E-state index in [-0.39, 0.29) is 0 Å². The van der Waals surface area contributed by atoms with E-state index in [9.17, 15) is 0 Å². The van der Waals surface area contributed by atoms with Gasteiger partial charge in [-0.05, 0) is 56.6 Å². The Hall–Kier alpha value is -6.39. The third-order valence-electron chi connectivity index (χ3n) is 9.34. The fourth-order valence-corrected chi connectivity index (χ4v) is 7.26. The van der Waals surface area contributed by atoms with Gasteiger partial charge in [-0.2, -0.15) is 0 Å². The van der Waals surface area contributed by atoms with Gasteiger partial charge in [0.05, 0.1) is 11.0 Å². The molecule has 0 saturated carbocycles. The van der Waals surface area contributed by atoms with E-state index in [0.29, 0.717) is 17.5 Å². The molecule has 0 aliphatic heterocycles. The molecule has 2 aromatic heterocycles. The fourth-order valence-electron chi connectivity index (χ4n) is 7.26. The zero-order valence-corrected chi connectivity index (χ0v) is 25.3. The molecule has 0 unspecified atom stereocenters. The van der Waals surface area contributed by atoms with Gasteiger partial charge in [-0.1, -0.05) is 133 Å². The van der Waals surface area contributed by atoms with Crippen LogP contribution in [0.2, 0.25) is 0 Å². The van der Waals surface area contributed by atoms with Gasteiger partial charge in [0.2, 0.25) is 0 Å². The Morgan fingerprint density at radius 2 is 0.915 bits per heavy atom. The van der Waals surface area contributed by atoms with Crippen LogP contribution >= 0.6 is 0 Å². The molecule has 4 heteroatoms. The van der Waals surface area contributed by atoms with Crippen molar-refractivity contribution in [3.8, 4) is 39.9 Å². The Balaban J connectivity index is 1.23. The predicted octanol–water partition coefficient (Wildman–Crippen LogP) is 10.9. The second kappa shape index (κ2) is 10.1. The fraction of sp³-hybridized carbons (Fsp3) is 0. The third-order valence-corrected chi connectivity index (χ3v) is 9.34. The summed E-state index contributed by atoms with van der Waals surface area (Å²) in [5, 5.41) is 10.3. The van der Waals surface area contributed by atoms with Gasteiger partial charge in [0.15, 0.2) is 17.5 Å². The van der Waals surface area contributed by atoms with E-state index < -0.39 is 0 Å². The van der Waals surface area contributed by atoms with Crippen molar-refractivity contribution in [2.75, 3.05) is 0 Å². The van der Waals surface area contributed by atoms with Crippen molar-refractivity contribution in [2.24, 2.45) is 0 Å². The van der Waals surface area contributed by atoms with Crippen LogP contribution in [0.15, 0.2) is 158 Å². The van der Waals surface area contributed by atoms with Crippen LogP contribution in [-0.2, 0) is 0 Å². The van der Waals surface area contributed by atoms with Gasteiger partial charge in [0.1, 0.15) is 0 Å². The first kappa shape index (κ1) is 25.9. The van der Waals surface area contributed by atoms with E-state index in [4.69, 9.17) is 15.0 Å². The van der Waals surface area contributed by atoms with Crippen LogP contribution < -0.4 is 0 Å². The standard InChI is InChI=1S/C43H26N4/c1-3-11-29(12-4-1)41-44-42(30-13-5-2-6-14-30)46-43(45-41)32-17-10-18-33(25-32)47-36-20-8-7-19-34(36)40-35-24-23-28-16-9-15-27-21-22-31(26-37(40)47)39(35)38(27)28/h1-26H. The van der Waals surface area contributed by atoms with E-state index >= 15 is 0 Å². The SMILES string of the molecule is c1ccc(-c2nc(-c3ccccc3)nc(-c3cccc(-n4c5ccccc5c5c6ccc7cccc8ccc(cc54)c6c87)c3)n2)cc1. The maximum absolute atomic E-state index is 5.01. The van der Waals surface area contributed by atoms with Crippen molar-refractivity contribution in [1.82, 2.24) is 19.5 Å². The van der Waals surface area contributed by atoms with Crippen molar-refractivity contribution in [2.45, 2.75) is 0 Å². The summed E-state index contributed by atoms with van der Waals surface area (Å²) in [7, 11) is 0. The van der Waals surface area contributed by atoms with Gasteiger partial charge in [-0.25, -0.2) is 15.0 Å². The molecular formula is C43H26N4. The summed E-state index contributed by atoms with van der Waals surface area (Å²) in [4.78, 5) is 14.9. The Labute approximate surface area is 270 Å². The van der Waals surface area contributed by atoms with Crippen LogP contribution in [0.4, 0.5) is 0 Å². The molecule has 0 atom stereocenters. The molecule has 8 aromatic carbocycles. The molecule has 0 amide bonds. The van der Waals surface area contributed by atoms with Gasteiger partial charge in [0.25, 0.3) is 0 Å². The second-order valence-electron chi connectivity index (χ2n) is 12.1. The molecule has 0 saturated heterocycles. The first-order chi connectivity index (χ1) is 23.3. The molecule has 4 nitrogen and oxygen atoms in total. The quantitative estimate of drug-likeness (QED) is 0.189. The van der Waals surface area contributed by atoms with Crippen LogP contribution in [0.1, 0.15) is 0 Å². The molecule has 0 fully saturated rings. The zero-order valence-electron chi connectivity index (χ0n) is 25.3. The molecule has 0 radical (unpaired) electrons. The molecule has 0 bridgehead atoms. The summed E-state index contributed by atoms with van der Waals surface area (Å²) in [5.41, 5.74) is 6.25. The minimum absolute atomic E-state index is 0.641. The number of hydrogen-bond acceptors (Lipinski definition) is 3. The molecule has 10 rings (SSSR count). The summed E-state index contributed by atoms with van der Waals surface area (Å²) in [6.45, 7) is 0. The van der Waals surface area contributed by atoms with Crippen molar-refractivity contribution >= 4 is 54.1 Å². The summed E-state index contributed by atoms with van der Waals surface area (Å²) >= 11 is 0. The molecule has 0 spiro atoms. The lowest BCUT2D eigenvalue weighted by atomic mass is 9.92. The van der Waals surface area contributed by atoms with Gasteiger partial charge in [0, 0.05) is 33.2 Å². The third kappa shape index (κ3) is 3.98. The van der Waals surface area contributed by atoms with E-state index in [1.165, 1.54) is 54.1 Å². The Kier molecular flexibility index (Phi) is 5.54. The largest absolute Gasteiger partial charge is 0.309 e. The van der Waals surface area contributed by atoms with Gasteiger partial charge >= 0.3 is 0 Å². The van der Waals surface area contributed by atoms with E-state index in [2.05, 4.69) is 102 Å². The first-order valence-electron chi connectivity index (χ1n) is 15.9.